The molecule has 0 bridgehead atoms. The molecule has 2 aromatic heterocycles. The fourth-order valence-electron chi connectivity index (χ4n) is 1.09. The van der Waals surface area contributed by atoms with E-state index in [2.05, 4.69) is 19.9 Å². The van der Waals surface area contributed by atoms with Crippen molar-refractivity contribution in [3.05, 3.63) is 24.5 Å². The van der Waals surface area contributed by atoms with E-state index in [1.807, 2.05) is 0 Å². The van der Waals surface area contributed by atoms with Crippen molar-refractivity contribution in [2.24, 2.45) is 0 Å². The van der Waals surface area contributed by atoms with Crippen LogP contribution < -0.4 is 10.5 Å². The zero-order chi connectivity index (χ0) is 10.7. The third kappa shape index (κ3) is 1.98. The summed E-state index contributed by atoms with van der Waals surface area (Å²) in [7, 11) is 1.48. The molecular formula is C9H9N5O. The highest BCUT2D eigenvalue weighted by Crippen LogP contribution is 2.16. The molecule has 15 heavy (non-hydrogen) atoms. The molecule has 0 aromatic carbocycles. The second kappa shape index (κ2) is 3.87. The molecule has 0 aliphatic carbocycles. The Bertz CT molecular complexity index is 459. The molecule has 0 spiro atoms. The van der Waals surface area contributed by atoms with Gasteiger partial charge in [0.15, 0.2) is 5.82 Å². The average Bonchev–Trinajstić information content (AvgIpc) is 2.29. The monoisotopic (exact) mass is 203 g/mol. The molecule has 0 saturated heterocycles. The van der Waals surface area contributed by atoms with Crippen molar-refractivity contribution in [3.8, 4) is 17.4 Å². The van der Waals surface area contributed by atoms with E-state index < -0.39 is 0 Å². The van der Waals surface area contributed by atoms with Crippen LogP contribution in [-0.4, -0.2) is 27.0 Å². The number of anilines is 1. The number of ether oxygens (including phenoxy) is 1. The van der Waals surface area contributed by atoms with Gasteiger partial charge < -0.3 is 10.5 Å². The van der Waals surface area contributed by atoms with Gasteiger partial charge in [-0.1, -0.05) is 0 Å². The quantitative estimate of drug-likeness (QED) is 0.765. The molecule has 2 N–H and O–H groups in total. The molecule has 0 amide bonds. The minimum absolute atomic E-state index is 0.133. The number of nitrogen functional groups attached to an aromatic ring is 1. The molecule has 76 valence electrons. The Morgan fingerprint density at radius 1 is 1.13 bits per heavy atom. The minimum Gasteiger partial charge on any atom is -0.467 e. The summed E-state index contributed by atoms with van der Waals surface area (Å²) in [6.45, 7) is 0. The van der Waals surface area contributed by atoms with Crippen LogP contribution in [0.4, 0.5) is 5.95 Å². The molecule has 2 heterocycles. The van der Waals surface area contributed by atoms with Gasteiger partial charge in [0.2, 0.25) is 5.95 Å². The Labute approximate surface area is 86.2 Å². The SMILES string of the molecule is COc1nc(N)nc(-c2ccncc2)n1. The van der Waals surface area contributed by atoms with Crippen molar-refractivity contribution in [2.75, 3.05) is 12.8 Å². The molecule has 0 radical (unpaired) electrons. The van der Waals surface area contributed by atoms with E-state index in [-0.39, 0.29) is 12.0 Å². The molecule has 0 saturated carbocycles. The van der Waals surface area contributed by atoms with Gasteiger partial charge in [-0.25, -0.2) is 0 Å². The van der Waals surface area contributed by atoms with Crippen molar-refractivity contribution in [2.45, 2.75) is 0 Å². The van der Waals surface area contributed by atoms with E-state index in [0.29, 0.717) is 5.82 Å². The van der Waals surface area contributed by atoms with Crippen molar-refractivity contribution in [1.82, 2.24) is 19.9 Å². The van der Waals surface area contributed by atoms with E-state index in [4.69, 9.17) is 10.5 Å². The van der Waals surface area contributed by atoms with Crippen LogP contribution in [0, 0.1) is 0 Å². The summed E-state index contributed by atoms with van der Waals surface area (Å²) in [5.74, 6) is 0.607. The first kappa shape index (κ1) is 9.32. The lowest BCUT2D eigenvalue weighted by atomic mass is 10.2. The van der Waals surface area contributed by atoms with Crippen molar-refractivity contribution >= 4 is 5.95 Å². The van der Waals surface area contributed by atoms with Gasteiger partial charge in [0, 0.05) is 18.0 Å². The lowest BCUT2D eigenvalue weighted by molar-refractivity contribution is 0.379. The van der Waals surface area contributed by atoms with E-state index in [1.165, 1.54) is 7.11 Å². The highest BCUT2D eigenvalue weighted by molar-refractivity contribution is 5.54. The maximum absolute atomic E-state index is 5.51. The van der Waals surface area contributed by atoms with Gasteiger partial charge in [0.05, 0.1) is 7.11 Å². The van der Waals surface area contributed by atoms with Crippen molar-refractivity contribution in [3.63, 3.8) is 0 Å². The van der Waals surface area contributed by atoms with E-state index in [0.717, 1.165) is 5.56 Å². The molecule has 0 fully saturated rings. The molecule has 2 rings (SSSR count). The highest BCUT2D eigenvalue weighted by Gasteiger charge is 2.05. The van der Waals surface area contributed by atoms with Gasteiger partial charge in [-0.3, -0.25) is 4.98 Å². The number of hydrogen-bond donors (Lipinski definition) is 1. The van der Waals surface area contributed by atoms with Crippen LogP contribution in [0.1, 0.15) is 0 Å². The Kier molecular flexibility index (Phi) is 2.40. The first-order valence-electron chi connectivity index (χ1n) is 4.25. The molecule has 0 atom stereocenters. The molecule has 2 aromatic rings. The zero-order valence-electron chi connectivity index (χ0n) is 8.08. The minimum atomic E-state index is 0.133. The number of rotatable bonds is 2. The molecular weight excluding hydrogens is 194 g/mol. The summed E-state index contributed by atoms with van der Waals surface area (Å²) < 4.78 is 4.90. The summed E-state index contributed by atoms with van der Waals surface area (Å²) in [6, 6.07) is 3.77. The van der Waals surface area contributed by atoms with Gasteiger partial charge in [-0.15, -0.1) is 0 Å². The Hall–Kier alpha value is -2.24. The summed E-state index contributed by atoms with van der Waals surface area (Å²) in [6.07, 6.45) is 3.31. The highest BCUT2D eigenvalue weighted by atomic mass is 16.5. The van der Waals surface area contributed by atoms with E-state index in [9.17, 15) is 0 Å². The predicted octanol–water partition coefficient (Wildman–Crippen LogP) is 0.524. The molecule has 6 heteroatoms. The standard InChI is InChI=1S/C9H9N5O/c1-15-9-13-7(12-8(10)14-9)6-2-4-11-5-3-6/h2-5H,1H3,(H2,10,12,13,14). The van der Waals surface area contributed by atoms with Crippen LogP contribution in [0.15, 0.2) is 24.5 Å². The van der Waals surface area contributed by atoms with Gasteiger partial charge in [-0.05, 0) is 12.1 Å². The predicted molar refractivity (Wildman–Crippen MR) is 54.0 cm³/mol. The number of aromatic nitrogens is 4. The van der Waals surface area contributed by atoms with Crippen LogP contribution in [0.25, 0.3) is 11.4 Å². The van der Waals surface area contributed by atoms with Crippen molar-refractivity contribution in [1.29, 1.82) is 0 Å². The first-order chi connectivity index (χ1) is 7.29. The fraction of sp³-hybridized carbons (Fsp3) is 0.111. The Morgan fingerprint density at radius 2 is 1.87 bits per heavy atom. The molecule has 0 aliphatic rings. The second-order valence-corrected chi connectivity index (χ2v) is 2.74. The Balaban J connectivity index is 2.49. The maximum atomic E-state index is 5.51. The van der Waals surface area contributed by atoms with Crippen LogP contribution in [0.2, 0.25) is 0 Å². The lowest BCUT2D eigenvalue weighted by Crippen LogP contribution is -2.02. The summed E-state index contributed by atoms with van der Waals surface area (Å²) in [4.78, 5) is 15.8. The van der Waals surface area contributed by atoms with Gasteiger partial charge in [0.1, 0.15) is 0 Å². The number of hydrogen-bond acceptors (Lipinski definition) is 6. The second-order valence-electron chi connectivity index (χ2n) is 2.74. The van der Waals surface area contributed by atoms with Crippen LogP contribution in [-0.2, 0) is 0 Å². The number of methoxy groups -OCH3 is 1. The zero-order valence-corrected chi connectivity index (χ0v) is 8.08. The fourth-order valence-corrected chi connectivity index (χ4v) is 1.09. The van der Waals surface area contributed by atoms with E-state index >= 15 is 0 Å². The first-order valence-corrected chi connectivity index (χ1v) is 4.25. The van der Waals surface area contributed by atoms with Gasteiger partial charge in [0.25, 0.3) is 0 Å². The van der Waals surface area contributed by atoms with Crippen molar-refractivity contribution < 1.29 is 4.74 Å². The summed E-state index contributed by atoms with van der Waals surface area (Å²) in [5, 5.41) is 0. The normalized spacial score (nSPS) is 9.93. The van der Waals surface area contributed by atoms with Gasteiger partial charge in [-0.2, -0.15) is 15.0 Å². The largest absolute Gasteiger partial charge is 0.467 e. The molecule has 6 nitrogen and oxygen atoms in total. The van der Waals surface area contributed by atoms with Crippen LogP contribution >= 0.6 is 0 Å². The smallest absolute Gasteiger partial charge is 0.321 e. The third-order valence-corrected chi connectivity index (χ3v) is 1.75. The van der Waals surface area contributed by atoms with E-state index in [1.54, 1.807) is 24.5 Å². The lowest BCUT2D eigenvalue weighted by Gasteiger charge is -2.02. The number of pyridine rings is 1. The third-order valence-electron chi connectivity index (χ3n) is 1.75. The van der Waals surface area contributed by atoms with Crippen LogP contribution in [0.5, 0.6) is 6.01 Å². The maximum Gasteiger partial charge on any atom is 0.321 e. The Morgan fingerprint density at radius 3 is 2.53 bits per heavy atom. The number of nitrogens with zero attached hydrogens (tertiary/aromatic N) is 4. The topological polar surface area (TPSA) is 86.8 Å². The molecule has 0 unspecified atom stereocenters. The van der Waals surface area contributed by atoms with Gasteiger partial charge >= 0.3 is 6.01 Å². The number of nitrogens with two attached hydrogens (primary N) is 1. The molecule has 0 aliphatic heterocycles. The average molecular weight is 203 g/mol. The van der Waals surface area contributed by atoms with Crippen LogP contribution in [0.3, 0.4) is 0 Å². The summed E-state index contributed by atoms with van der Waals surface area (Å²) >= 11 is 0. The summed E-state index contributed by atoms with van der Waals surface area (Å²) in [5.41, 5.74) is 6.33.